The standard InChI is InChI=1S/C22H20BrN5O/c1-29-10-9-25-17-7-5-14(6-8-17)19-12-18(15-3-2-4-16(23)11-15)20-21(24)26-13-27-22(20)28-19/h2-8,11-13,25H,9-10H2,1H3,(H2,24,26,27,28). The Morgan fingerprint density at radius 1 is 1.03 bits per heavy atom. The Hall–Kier alpha value is -3.03. The number of hydrogen-bond acceptors (Lipinski definition) is 6. The van der Waals surface area contributed by atoms with Gasteiger partial charge in [-0.05, 0) is 41.5 Å². The normalized spacial score (nSPS) is 11.0. The molecule has 6 nitrogen and oxygen atoms in total. The van der Waals surface area contributed by atoms with E-state index < -0.39 is 0 Å². The van der Waals surface area contributed by atoms with Crippen LogP contribution in [0.15, 0.2) is 65.4 Å². The summed E-state index contributed by atoms with van der Waals surface area (Å²) in [6, 6.07) is 18.3. The molecule has 0 aliphatic carbocycles. The molecule has 0 bridgehead atoms. The van der Waals surface area contributed by atoms with Gasteiger partial charge in [-0.25, -0.2) is 15.0 Å². The third kappa shape index (κ3) is 4.21. The molecule has 7 heteroatoms. The fraction of sp³-hybridized carbons (Fsp3) is 0.136. The highest BCUT2D eigenvalue weighted by Gasteiger charge is 2.14. The lowest BCUT2D eigenvalue weighted by Gasteiger charge is -2.12. The molecule has 0 radical (unpaired) electrons. The molecule has 0 spiro atoms. The van der Waals surface area contributed by atoms with Crippen LogP contribution in [0.2, 0.25) is 0 Å². The number of anilines is 2. The molecule has 2 heterocycles. The van der Waals surface area contributed by atoms with Gasteiger partial charge < -0.3 is 15.8 Å². The number of hydrogen-bond donors (Lipinski definition) is 2. The first-order valence-corrected chi connectivity index (χ1v) is 9.95. The first-order valence-electron chi connectivity index (χ1n) is 9.16. The van der Waals surface area contributed by atoms with Crippen molar-refractivity contribution in [2.24, 2.45) is 0 Å². The predicted octanol–water partition coefficient (Wildman–Crippen LogP) is 4.76. The number of rotatable bonds is 6. The van der Waals surface area contributed by atoms with Gasteiger partial charge in [0.15, 0.2) is 5.65 Å². The first-order chi connectivity index (χ1) is 14.2. The van der Waals surface area contributed by atoms with Crippen molar-refractivity contribution < 1.29 is 4.74 Å². The molecular weight excluding hydrogens is 430 g/mol. The molecule has 0 unspecified atom stereocenters. The Bertz CT molecular complexity index is 1150. The summed E-state index contributed by atoms with van der Waals surface area (Å²) in [6.07, 6.45) is 1.45. The lowest BCUT2D eigenvalue weighted by atomic mass is 10.00. The van der Waals surface area contributed by atoms with Gasteiger partial charge in [0, 0.05) is 29.4 Å². The van der Waals surface area contributed by atoms with E-state index in [4.69, 9.17) is 15.5 Å². The van der Waals surface area contributed by atoms with E-state index in [0.29, 0.717) is 18.1 Å². The maximum Gasteiger partial charge on any atom is 0.165 e. The van der Waals surface area contributed by atoms with Gasteiger partial charge in [-0.3, -0.25) is 0 Å². The lowest BCUT2D eigenvalue weighted by molar-refractivity contribution is 0.211. The predicted molar refractivity (Wildman–Crippen MR) is 121 cm³/mol. The van der Waals surface area contributed by atoms with E-state index in [9.17, 15) is 0 Å². The molecule has 0 fully saturated rings. The average molecular weight is 450 g/mol. The van der Waals surface area contributed by atoms with Crippen LogP contribution in [0.3, 0.4) is 0 Å². The molecular formula is C22H20BrN5O. The summed E-state index contributed by atoms with van der Waals surface area (Å²) < 4.78 is 6.06. The van der Waals surface area contributed by atoms with Crippen molar-refractivity contribution in [2.75, 3.05) is 31.3 Å². The minimum atomic E-state index is 0.418. The van der Waals surface area contributed by atoms with Crippen molar-refractivity contribution in [3.05, 3.63) is 65.4 Å². The summed E-state index contributed by atoms with van der Waals surface area (Å²) in [5.74, 6) is 0.418. The second-order valence-electron chi connectivity index (χ2n) is 6.52. The molecule has 0 amide bonds. The van der Waals surface area contributed by atoms with E-state index in [0.717, 1.165) is 44.5 Å². The smallest absolute Gasteiger partial charge is 0.165 e. The number of halogens is 1. The Kier molecular flexibility index (Phi) is 5.69. The molecule has 146 valence electrons. The van der Waals surface area contributed by atoms with Crippen molar-refractivity contribution in [2.45, 2.75) is 0 Å². The van der Waals surface area contributed by atoms with Crippen molar-refractivity contribution in [1.29, 1.82) is 0 Å². The fourth-order valence-electron chi connectivity index (χ4n) is 3.18. The number of nitrogen functional groups attached to an aromatic ring is 1. The van der Waals surface area contributed by atoms with Crippen LogP contribution in [0.5, 0.6) is 0 Å². The molecule has 0 saturated carbocycles. The van der Waals surface area contributed by atoms with Crippen LogP contribution in [0.1, 0.15) is 0 Å². The second-order valence-corrected chi connectivity index (χ2v) is 7.44. The van der Waals surface area contributed by atoms with Crippen molar-refractivity contribution in [1.82, 2.24) is 15.0 Å². The van der Waals surface area contributed by atoms with Crippen LogP contribution in [0, 0.1) is 0 Å². The molecule has 0 saturated heterocycles. The van der Waals surface area contributed by atoms with Crippen LogP contribution in [-0.4, -0.2) is 35.2 Å². The number of nitrogens with one attached hydrogen (secondary N) is 1. The quantitative estimate of drug-likeness (QED) is 0.412. The van der Waals surface area contributed by atoms with Gasteiger partial charge in [-0.15, -0.1) is 0 Å². The Labute approximate surface area is 177 Å². The third-order valence-electron chi connectivity index (χ3n) is 4.58. The highest BCUT2D eigenvalue weighted by Crippen LogP contribution is 2.34. The minimum absolute atomic E-state index is 0.418. The molecule has 0 aliphatic rings. The van der Waals surface area contributed by atoms with Gasteiger partial charge in [0.1, 0.15) is 12.1 Å². The number of pyridine rings is 1. The zero-order chi connectivity index (χ0) is 20.2. The Morgan fingerprint density at radius 3 is 2.62 bits per heavy atom. The number of nitrogens with two attached hydrogens (primary N) is 1. The zero-order valence-corrected chi connectivity index (χ0v) is 17.5. The summed E-state index contributed by atoms with van der Waals surface area (Å²) in [6.45, 7) is 1.42. The van der Waals surface area contributed by atoms with E-state index in [2.05, 4.69) is 31.2 Å². The van der Waals surface area contributed by atoms with Gasteiger partial charge in [0.05, 0.1) is 17.7 Å². The molecule has 4 aromatic rings. The minimum Gasteiger partial charge on any atom is -0.383 e. The van der Waals surface area contributed by atoms with E-state index in [1.54, 1.807) is 7.11 Å². The highest BCUT2D eigenvalue weighted by molar-refractivity contribution is 9.10. The van der Waals surface area contributed by atoms with Gasteiger partial charge in [-0.2, -0.15) is 0 Å². The number of methoxy groups -OCH3 is 1. The highest BCUT2D eigenvalue weighted by atomic mass is 79.9. The third-order valence-corrected chi connectivity index (χ3v) is 5.08. The van der Waals surface area contributed by atoms with Crippen LogP contribution in [0.4, 0.5) is 11.5 Å². The first kappa shape index (κ1) is 19.3. The number of nitrogens with zero attached hydrogens (tertiary/aromatic N) is 3. The Balaban J connectivity index is 1.80. The van der Waals surface area contributed by atoms with Crippen LogP contribution in [0.25, 0.3) is 33.4 Å². The number of fused-ring (bicyclic) bond motifs is 1. The van der Waals surface area contributed by atoms with E-state index >= 15 is 0 Å². The Morgan fingerprint density at radius 2 is 1.86 bits per heavy atom. The monoisotopic (exact) mass is 449 g/mol. The number of aromatic nitrogens is 3. The molecule has 2 aromatic heterocycles. The molecule has 0 atom stereocenters. The SMILES string of the molecule is COCCNc1ccc(-c2cc(-c3cccc(Br)c3)c3c(N)ncnc3n2)cc1. The van der Waals surface area contributed by atoms with Gasteiger partial charge in [0.2, 0.25) is 0 Å². The van der Waals surface area contributed by atoms with Crippen LogP contribution >= 0.6 is 15.9 Å². The lowest BCUT2D eigenvalue weighted by Crippen LogP contribution is -2.07. The van der Waals surface area contributed by atoms with E-state index in [1.807, 2.05) is 54.6 Å². The summed E-state index contributed by atoms with van der Waals surface area (Å²) in [5, 5.41) is 4.07. The van der Waals surface area contributed by atoms with Crippen LogP contribution < -0.4 is 11.1 Å². The second kappa shape index (κ2) is 8.55. The molecule has 29 heavy (non-hydrogen) atoms. The largest absolute Gasteiger partial charge is 0.383 e. The topological polar surface area (TPSA) is 86.0 Å². The van der Waals surface area contributed by atoms with Gasteiger partial charge in [-0.1, -0.05) is 40.2 Å². The van der Waals surface area contributed by atoms with Gasteiger partial charge in [0.25, 0.3) is 0 Å². The number of benzene rings is 2. The number of ether oxygens (including phenoxy) is 1. The van der Waals surface area contributed by atoms with Crippen molar-refractivity contribution in [3.63, 3.8) is 0 Å². The van der Waals surface area contributed by atoms with E-state index in [-0.39, 0.29) is 0 Å². The van der Waals surface area contributed by atoms with Crippen LogP contribution in [-0.2, 0) is 4.74 Å². The summed E-state index contributed by atoms with van der Waals surface area (Å²) in [4.78, 5) is 13.3. The maximum absolute atomic E-state index is 6.18. The summed E-state index contributed by atoms with van der Waals surface area (Å²) in [7, 11) is 1.69. The molecule has 3 N–H and O–H groups in total. The van der Waals surface area contributed by atoms with E-state index in [1.165, 1.54) is 6.33 Å². The zero-order valence-electron chi connectivity index (χ0n) is 15.9. The molecule has 2 aromatic carbocycles. The van der Waals surface area contributed by atoms with Crippen molar-refractivity contribution in [3.8, 4) is 22.4 Å². The summed E-state index contributed by atoms with van der Waals surface area (Å²) in [5.41, 5.74) is 11.6. The van der Waals surface area contributed by atoms with Gasteiger partial charge >= 0.3 is 0 Å². The molecule has 0 aliphatic heterocycles. The fourth-order valence-corrected chi connectivity index (χ4v) is 3.57. The maximum atomic E-state index is 6.18. The van der Waals surface area contributed by atoms with Crippen molar-refractivity contribution >= 4 is 38.5 Å². The molecule has 4 rings (SSSR count). The average Bonchev–Trinajstić information content (AvgIpc) is 2.74. The summed E-state index contributed by atoms with van der Waals surface area (Å²) >= 11 is 3.55.